The van der Waals surface area contributed by atoms with Crippen molar-refractivity contribution >= 4 is 40.7 Å². The van der Waals surface area contributed by atoms with E-state index in [2.05, 4.69) is 35.4 Å². The van der Waals surface area contributed by atoms with E-state index in [1.54, 1.807) is 4.57 Å². The van der Waals surface area contributed by atoms with Gasteiger partial charge in [0.05, 0.1) is 6.61 Å². The van der Waals surface area contributed by atoms with Crippen molar-refractivity contribution in [2.75, 3.05) is 12.3 Å². The summed E-state index contributed by atoms with van der Waals surface area (Å²) in [4.78, 5) is 30.1. The summed E-state index contributed by atoms with van der Waals surface area (Å²) >= 11 is 3.27. The number of hydrogen-bond donors (Lipinski definition) is 4. The van der Waals surface area contributed by atoms with E-state index in [-0.39, 0.29) is 12.2 Å². The molecule has 0 unspecified atom stereocenters. The molecular formula is C10H13BrN5O6P. The number of nitrogens with zero attached hydrogens (tertiary/aromatic N) is 4. The van der Waals surface area contributed by atoms with Crippen molar-refractivity contribution in [1.29, 1.82) is 0 Å². The lowest BCUT2D eigenvalue weighted by Crippen LogP contribution is -2.26. The van der Waals surface area contributed by atoms with E-state index in [4.69, 9.17) is 20.3 Å². The second kappa shape index (κ2) is 6.06. The highest BCUT2D eigenvalue weighted by Crippen LogP contribution is 2.44. The molecule has 0 aliphatic carbocycles. The third kappa shape index (κ3) is 3.24. The number of anilines is 1. The maximum atomic E-state index is 11.0. The molecule has 11 nitrogen and oxygen atoms in total. The summed E-state index contributed by atoms with van der Waals surface area (Å²) in [6.45, 7) is -0.456. The summed E-state index contributed by atoms with van der Waals surface area (Å²) in [6, 6.07) is 0. The Morgan fingerprint density at radius 3 is 2.91 bits per heavy atom. The second-order valence-corrected chi connectivity index (χ2v) is 6.77. The number of fused-ring (bicyclic) bond motifs is 1. The van der Waals surface area contributed by atoms with Crippen molar-refractivity contribution in [1.82, 2.24) is 19.5 Å². The fourth-order valence-corrected chi connectivity index (χ4v) is 3.61. The van der Waals surface area contributed by atoms with E-state index < -0.39 is 32.9 Å². The van der Waals surface area contributed by atoms with Crippen LogP contribution < -0.4 is 5.73 Å². The van der Waals surface area contributed by atoms with Gasteiger partial charge in [-0.1, -0.05) is 0 Å². The van der Waals surface area contributed by atoms with Crippen molar-refractivity contribution in [3.8, 4) is 0 Å². The van der Waals surface area contributed by atoms with Gasteiger partial charge in [0.2, 0.25) is 0 Å². The van der Waals surface area contributed by atoms with Crippen molar-refractivity contribution in [3.05, 3.63) is 11.1 Å². The first-order chi connectivity index (χ1) is 10.8. The first-order valence-corrected chi connectivity index (χ1v) is 8.76. The SMILES string of the molecule is Nc1ncnc2c1nc(Br)n2[C@H]1C[C@H](OP(=O)(O)O)[C@@H](CO)O1. The van der Waals surface area contributed by atoms with Gasteiger partial charge in [0.15, 0.2) is 21.7 Å². The second-order valence-electron chi connectivity index (χ2n) is 4.86. The van der Waals surface area contributed by atoms with Gasteiger partial charge >= 0.3 is 7.82 Å². The quantitative estimate of drug-likeness (QED) is 0.396. The first-order valence-electron chi connectivity index (χ1n) is 6.44. The fourth-order valence-electron chi connectivity index (χ4n) is 2.46. The summed E-state index contributed by atoms with van der Waals surface area (Å²) in [7, 11) is -4.71. The molecule has 3 heterocycles. The van der Waals surface area contributed by atoms with Gasteiger partial charge in [0.1, 0.15) is 24.8 Å². The largest absolute Gasteiger partial charge is 0.469 e. The van der Waals surface area contributed by atoms with Crippen LogP contribution in [0.4, 0.5) is 5.82 Å². The minimum Gasteiger partial charge on any atom is -0.394 e. The molecule has 126 valence electrons. The summed E-state index contributed by atoms with van der Waals surface area (Å²) in [6.07, 6.45) is -1.21. The molecule has 0 bridgehead atoms. The molecule has 23 heavy (non-hydrogen) atoms. The lowest BCUT2D eigenvalue weighted by atomic mass is 10.2. The van der Waals surface area contributed by atoms with Gasteiger partial charge in [-0.15, -0.1) is 0 Å². The molecule has 0 saturated carbocycles. The van der Waals surface area contributed by atoms with Crippen LogP contribution in [-0.2, 0) is 13.8 Å². The van der Waals surface area contributed by atoms with Crippen LogP contribution in [0.3, 0.4) is 0 Å². The molecule has 1 aliphatic rings. The Morgan fingerprint density at radius 1 is 1.52 bits per heavy atom. The minimum atomic E-state index is -4.71. The number of aliphatic hydroxyl groups is 1. The third-order valence-corrected chi connectivity index (χ3v) is 4.49. The lowest BCUT2D eigenvalue weighted by Gasteiger charge is -2.16. The summed E-state index contributed by atoms with van der Waals surface area (Å²) in [5.74, 6) is 0.189. The molecule has 2 aromatic heterocycles. The highest BCUT2D eigenvalue weighted by molar-refractivity contribution is 9.10. The Labute approximate surface area is 137 Å². The van der Waals surface area contributed by atoms with Gasteiger partial charge < -0.3 is 25.4 Å². The number of ether oxygens (including phenoxy) is 1. The molecule has 0 aromatic carbocycles. The van der Waals surface area contributed by atoms with E-state index in [1.165, 1.54) is 6.33 Å². The molecule has 5 N–H and O–H groups in total. The molecular weight excluding hydrogens is 397 g/mol. The third-order valence-electron chi connectivity index (χ3n) is 3.38. The highest BCUT2D eigenvalue weighted by atomic mass is 79.9. The fraction of sp³-hybridized carbons (Fsp3) is 0.500. The zero-order valence-electron chi connectivity index (χ0n) is 11.5. The molecule has 13 heteroatoms. The van der Waals surface area contributed by atoms with E-state index in [0.29, 0.717) is 15.9 Å². The van der Waals surface area contributed by atoms with Gasteiger partial charge in [-0.3, -0.25) is 9.09 Å². The van der Waals surface area contributed by atoms with E-state index in [0.717, 1.165) is 0 Å². The topological polar surface area (TPSA) is 166 Å². The smallest absolute Gasteiger partial charge is 0.394 e. The average molecular weight is 410 g/mol. The summed E-state index contributed by atoms with van der Waals surface area (Å²) in [5.41, 5.74) is 6.50. The Balaban J connectivity index is 1.96. The van der Waals surface area contributed by atoms with Crippen LogP contribution in [0.2, 0.25) is 0 Å². The van der Waals surface area contributed by atoms with Crippen LogP contribution >= 0.6 is 23.8 Å². The average Bonchev–Trinajstić information content (AvgIpc) is 2.98. The zero-order chi connectivity index (χ0) is 16.8. The van der Waals surface area contributed by atoms with E-state index in [9.17, 15) is 9.67 Å². The Hall–Kier alpha value is -1.14. The molecule has 2 aromatic rings. The number of aromatic nitrogens is 4. The van der Waals surface area contributed by atoms with Gasteiger partial charge in [-0.2, -0.15) is 0 Å². The number of halogens is 1. The van der Waals surface area contributed by atoms with Crippen LogP contribution in [0.25, 0.3) is 11.2 Å². The maximum Gasteiger partial charge on any atom is 0.469 e. The van der Waals surface area contributed by atoms with Gasteiger partial charge in [0, 0.05) is 6.42 Å². The maximum absolute atomic E-state index is 11.0. The van der Waals surface area contributed by atoms with Crippen LogP contribution in [0, 0.1) is 0 Å². The molecule has 1 aliphatic heterocycles. The first kappa shape index (κ1) is 16.7. The number of hydrogen-bond acceptors (Lipinski definition) is 8. The minimum absolute atomic E-state index is 0.0876. The number of imidazole rings is 1. The number of nitrogen functional groups attached to an aromatic ring is 1. The number of phosphoric acid groups is 1. The predicted molar refractivity (Wildman–Crippen MR) is 80.0 cm³/mol. The number of rotatable bonds is 4. The monoisotopic (exact) mass is 409 g/mol. The standard InChI is InChI=1S/C10H13BrN5O6P/c11-10-15-7-8(12)13-3-14-9(7)16(10)6-1-4(5(2-17)21-6)22-23(18,19)20/h3-6,17H,1-2H2,(H2,12,13,14)(H2,18,19,20)/t4-,5+,6+/m0/s1. The van der Waals surface area contributed by atoms with Gasteiger partial charge in [0.25, 0.3) is 0 Å². The Bertz CT molecular complexity index is 780. The summed E-state index contributed by atoms with van der Waals surface area (Å²) < 4.78 is 23.2. The van der Waals surface area contributed by atoms with Gasteiger partial charge in [-0.05, 0) is 15.9 Å². The van der Waals surface area contributed by atoms with Crippen LogP contribution in [0.1, 0.15) is 12.6 Å². The number of phosphoric ester groups is 1. The van der Waals surface area contributed by atoms with Crippen molar-refractivity contribution < 1.29 is 28.7 Å². The van der Waals surface area contributed by atoms with Crippen LogP contribution in [0.5, 0.6) is 0 Å². The zero-order valence-corrected chi connectivity index (χ0v) is 14.0. The summed E-state index contributed by atoms with van der Waals surface area (Å²) in [5, 5.41) is 9.34. The van der Waals surface area contributed by atoms with Crippen molar-refractivity contribution in [3.63, 3.8) is 0 Å². The Morgan fingerprint density at radius 2 is 2.26 bits per heavy atom. The molecule has 0 spiro atoms. The normalized spacial score (nSPS) is 25.3. The predicted octanol–water partition coefficient (Wildman–Crippen LogP) is -0.0713. The Kier molecular flexibility index (Phi) is 4.40. The van der Waals surface area contributed by atoms with E-state index >= 15 is 0 Å². The van der Waals surface area contributed by atoms with Crippen LogP contribution in [0.15, 0.2) is 11.1 Å². The lowest BCUT2D eigenvalue weighted by molar-refractivity contribution is -0.0432. The molecule has 1 fully saturated rings. The van der Waals surface area contributed by atoms with Crippen LogP contribution in [-0.4, -0.2) is 53.2 Å². The molecule has 0 amide bonds. The van der Waals surface area contributed by atoms with Crippen molar-refractivity contribution in [2.45, 2.75) is 24.9 Å². The van der Waals surface area contributed by atoms with E-state index in [1.807, 2.05) is 0 Å². The molecule has 3 rings (SSSR count). The molecule has 1 saturated heterocycles. The molecule has 0 radical (unpaired) electrons. The number of nitrogens with two attached hydrogens (primary N) is 1. The van der Waals surface area contributed by atoms with Gasteiger partial charge in [-0.25, -0.2) is 19.5 Å². The number of aliphatic hydroxyl groups excluding tert-OH is 1. The van der Waals surface area contributed by atoms with Crippen molar-refractivity contribution in [2.24, 2.45) is 0 Å². The molecule has 3 atom stereocenters. The highest BCUT2D eigenvalue weighted by Gasteiger charge is 2.41.